The second-order valence-electron chi connectivity index (χ2n) is 32.4. The van der Waals surface area contributed by atoms with Crippen molar-refractivity contribution in [3.05, 3.63) is 267 Å². The molecule has 0 spiro atoms. The van der Waals surface area contributed by atoms with Gasteiger partial charge >= 0.3 is 0 Å². The Labute approximate surface area is 668 Å². The molecule has 12 nitrogen and oxygen atoms in total. The first-order chi connectivity index (χ1) is 54.2. The maximum Gasteiger partial charge on any atom is 0.227 e. The number of nitrogens with one attached hydrogen (secondary N) is 3. The number of benzene rings is 9. The van der Waals surface area contributed by atoms with E-state index in [2.05, 4.69) is 128 Å². The van der Waals surface area contributed by atoms with Gasteiger partial charge in [-0.1, -0.05) is 152 Å². The van der Waals surface area contributed by atoms with Crippen molar-refractivity contribution in [3.63, 3.8) is 0 Å². The number of hydrogen-bond acceptors (Lipinski definition) is 9. The van der Waals surface area contributed by atoms with Gasteiger partial charge in [-0.15, -0.1) is 0 Å². The maximum atomic E-state index is 13.7. The Morgan fingerprint density at radius 1 is 0.411 bits per heavy atom. The Balaban J connectivity index is 0.000000147. The van der Waals surface area contributed by atoms with E-state index in [-0.39, 0.29) is 56.5 Å². The average Bonchev–Trinajstić information content (AvgIpc) is 1.20. The van der Waals surface area contributed by atoms with Gasteiger partial charge in [0.25, 0.3) is 0 Å². The lowest BCUT2D eigenvalue weighted by Gasteiger charge is -2.44. The van der Waals surface area contributed by atoms with E-state index in [0.29, 0.717) is 45.9 Å². The molecule has 6 aliphatic rings. The normalized spacial score (nSPS) is 17.8. The molecule has 6 fully saturated rings. The number of carbonyl (C=O) groups excluding carboxylic acids is 3. The van der Waals surface area contributed by atoms with E-state index in [0.717, 1.165) is 154 Å². The summed E-state index contributed by atoms with van der Waals surface area (Å²) in [5.74, 6) is -0.615. The first-order valence-corrected chi connectivity index (χ1v) is 40.6. The maximum absolute atomic E-state index is 13.7. The van der Waals surface area contributed by atoms with Crippen LogP contribution in [0.25, 0.3) is 33.4 Å². The van der Waals surface area contributed by atoms with Gasteiger partial charge in [0, 0.05) is 66.0 Å². The van der Waals surface area contributed by atoms with Gasteiger partial charge in [-0.05, 0) is 305 Å². The Bertz CT molecular complexity index is 4900. The number of piperidine rings is 3. The monoisotopic (exact) mass is 1540 g/mol. The lowest BCUT2D eigenvalue weighted by Crippen LogP contribution is -2.45. The Morgan fingerprint density at radius 2 is 0.777 bits per heavy atom. The van der Waals surface area contributed by atoms with Crippen molar-refractivity contribution in [2.45, 2.75) is 133 Å². The molecule has 3 N–H and O–H groups in total. The predicted molar refractivity (Wildman–Crippen MR) is 442 cm³/mol. The number of nitrogens with zero attached hydrogens (tertiary/aromatic N) is 6. The number of likely N-dealkylation sites (tertiary alicyclic amines) is 3. The molecule has 0 aromatic heterocycles. The summed E-state index contributed by atoms with van der Waals surface area (Å²) < 4.78 is 40.5. The molecule has 2 atom stereocenters. The fourth-order valence-electron chi connectivity index (χ4n) is 16.9. The van der Waals surface area contributed by atoms with Crippen LogP contribution in [0.15, 0.2) is 206 Å². The van der Waals surface area contributed by atoms with Crippen molar-refractivity contribution in [2.75, 3.05) is 74.9 Å². The van der Waals surface area contributed by atoms with Crippen molar-refractivity contribution in [3.8, 4) is 51.6 Å². The summed E-state index contributed by atoms with van der Waals surface area (Å²) in [5, 5.41) is 37.1. The van der Waals surface area contributed by atoms with E-state index in [4.69, 9.17) is 28.5 Å². The average molecular weight is 1540 g/mol. The van der Waals surface area contributed by atoms with Gasteiger partial charge in [0.05, 0.1) is 39.9 Å². The lowest BCUT2D eigenvalue weighted by molar-refractivity contribution is -0.121. The molecule has 15 rings (SSSR count). The van der Waals surface area contributed by atoms with Gasteiger partial charge in [0.15, 0.2) is 11.6 Å². The fraction of sp³-hybridized carbons (Fsp3) is 0.368. The molecule has 17 heteroatoms. The molecule has 0 radical (unpaired) electrons. The number of halogens is 5. The lowest BCUT2D eigenvalue weighted by atomic mass is 9.67. The Morgan fingerprint density at radius 3 is 1.18 bits per heavy atom. The van der Waals surface area contributed by atoms with Crippen LogP contribution >= 0.6 is 23.2 Å². The third-order valence-electron chi connectivity index (χ3n) is 24.1. The molecule has 9 aromatic rings. The summed E-state index contributed by atoms with van der Waals surface area (Å²) in [7, 11) is 0. The van der Waals surface area contributed by atoms with Crippen LogP contribution in [0.4, 0.5) is 30.2 Å². The largest absolute Gasteiger partial charge is 0.326 e. The molecular weight excluding hydrogens is 1440 g/mol. The molecule has 3 saturated carbocycles. The minimum absolute atomic E-state index is 0.00430. The number of carbonyl (C=O) groups is 3. The summed E-state index contributed by atoms with van der Waals surface area (Å²) in [6.07, 6.45) is 16.8. The highest BCUT2D eigenvalue weighted by atomic mass is 35.5. The van der Waals surface area contributed by atoms with Gasteiger partial charge in [0.2, 0.25) is 17.7 Å². The zero-order valence-corrected chi connectivity index (χ0v) is 65.5. The SMILES string of the molecule is CC(CC1(c2ccc(-c3cccc(C#N)c3)cc2)CCN(CC2CC2)CC1)C(=O)Nc1ccc(F)c(Cl)c1.CC(CC1(c2ccc(-c3cccc(Cl)c3)cc2)CCN(CC2CC2)CC1)C(=O)Nc1ccc(F)c(F)c1.N#Cc1cccc(NC(=O)CCC2(c3ccc(-c4cccc(C#N)c4)cc3)CCN(CC3CC3)CC2)c1. The van der Waals surface area contributed by atoms with Crippen LogP contribution in [-0.4, -0.2) is 91.3 Å². The van der Waals surface area contributed by atoms with E-state index >= 15 is 0 Å². The molecule has 2 unspecified atom stereocenters. The minimum Gasteiger partial charge on any atom is -0.326 e. The first-order valence-electron chi connectivity index (χ1n) is 39.8. The summed E-state index contributed by atoms with van der Waals surface area (Å²) in [6, 6.07) is 70.7. The Kier molecular flexibility index (Phi) is 26.3. The fourth-order valence-corrected chi connectivity index (χ4v) is 17.3. The second kappa shape index (κ2) is 36.7. The van der Waals surface area contributed by atoms with Gasteiger partial charge in [-0.2, -0.15) is 15.8 Å². The zero-order chi connectivity index (χ0) is 78.4. The molecule has 3 aliphatic heterocycles. The molecule has 3 amide bonds. The van der Waals surface area contributed by atoms with Crippen molar-refractivity contribution in [1.82, 2.24) is 14.7 Å². The summed E-state index contributed by atoms with van der Waals surface area (Å²) in [4.78, 5) is 47.0. The van der Waals surface area contributed by atoms with Crippen LogP contribution in [0, 0.1) is 81.0 Å². The zero-order valence-electron chi connectivity index (χ0n) is 64.0. The standard InChI is InChI=1S/C32H33ClFN3O.C32H32N4O.C31H33ClF2N2O/c1-22(31(38)36-28-11-12-30(34)29(33)18-28)19-32(13-15-37(16-14-32)21-23-5-6-23)27-9-7-25(8-10-27)26-4-2-3-24(17-26)20-35;33-21-25-3-1-5-28(19-25)27-9-11-29(12-10-27)32(15-17-36(18-16-32)23-24-7-8-24)14-13-31(37)35-30-6-2-4-26(20-30)22-34;1-21(30(37)35-27-11-12-28(33)29(34)18-27)19-31(13-15-36(16-14-31)20-22-5-6-22)25-9-7-23(8-10-25)24-3-2-4-26(32)17-24/h2-4,7-12,17-18,22-23H,5-6,13-16,19,21H2,1H3,(H,36,38);1-6,9-12,19-20,24H,7-8,13-18,23H2,(H,35,37);2-4,7-12,17-18,21-22H,5-6,13-16,19-20H2,1H3,(H,35,37). The molecule has 3 heterocycles. The molecule has 576 valence electrons. The quantitative estimate of drug-likeness (QED) is 0.0533. The molecule has 3 aliphatic carbocycles. The van der Waals surface area contributed by atoms with Crippen LogP contribution in [0.5, 0.6) is 0 Å². The van der Waals surface area contributed by atoms with Crippen LogP contribution in [-0.2, 0) is 30.6 Å². The highest BCUT2D eigenvalue weighted by molar-refractivity contribution is 6.31. The minimum atomic E-state index is -0.968. The van der Waals surface area contributed by atoms with Crippen molar-refractivity contribution >= 4 is 58.0 Å². The molecular formula is C95H98Cl2F3N9O3. The van der Waals surface area contributed by atoms with Crippen LogP contribution in [0.2, 0.25) is 10.0 Å². The third-order valence-corrected chi connectivity index (χ3v) is 24.7. The number of rotatable bonds is 24. The second-order valence-corrected chi connectivity index (χ2v) is 33.2. The summed E-state index contributed by atoms with van der Waals surface area (Å²) in [6.45, 7) is 13.7. The van der Waals surface area contributed by atoms with Gasteiger partial charge < -0.3 is 30.7 Å². The van der Waals surface area contributed by atoms with Crippen LogP contribution in [0.3, 0.4) is 0 Å². The van der Waals surface area contributed by atoms with E-state index in [1.807, 2.05) is 86.6 Å². The highest BCUT2D eigenvalue weighted by Crippen LogP contribution is 2.47. The van der Waals surface area contributed by atoms with Crippen molar-refractivity contribution in [2.24, 2.45) is 29.6 Å². The van der Waals surface area contributed by atoms with Gasteiger partial charge in [-0.3, -0.25) is 14.4 Å². The van der Waals surface area contributed by atoms with E-state index in [9.17, 15) is 38.1 Å². The van der Waals surface area contributed by atoms with Gasteiger partial charge in [-0.25, -0.2) is 13.2 Å². The van der Waals surface area contributed by atoms with E-state index < -0.39 is 17.5 Å². The molecule has 3 saturated heterocycles. The highest BCUT2D eigenvalue weighted by Gasteiger charge is 2.43. The first kappa shape index (κ1) is 80.2. The van der Waals surface area contributed by atoms with Gasteiger partial charge in [0.1, 0.15) is 5.82 Å². The number of nitriles is 3. The molecule has 0 bridgehead atoms. The predicted octanol–water partition coefficient (Wildman–Crippen LogP) is 21.4. The molecule has 112 heavy (non-hydrogen) atoms. The number of anilines is 3. The van der Waals surface area contributed by atoms with Crippen molar-refractivity contribution < 1.29 is 27.6 Å². The smallest absolute Gasteiger partial charge is 0.227 e. The summed E-state index contributed by atoms with van der Waals surface area (Å²) >= 11 is 12.1. The number of hydrogen-bond donors (Lipinski definition) is 3. The van der Waals surface area contributed by atoms with E-state index in [1.54, 1.807) is 18.2 Å². The van der Waals surface area contributed by atoms with Crippen LogP contribution in [0.1, 0.15) is 150 Å². The summed E-state index contributed by atoms with van der Waals surface area (Å²) in [5.41, 5.74) is 13.2. The third kappa shape index (κ3) is 21.3. The number of amides is 3. The molecule has 9 aromatic carbocycles. The van der Waals surface area contributed by atoms with E-state index in [1.165, 1.54) is 99.1 Å². The Hall–Kier alpha value is -9.89. The van der Waals surface area contributed by atoms with Crippen LogP contribution < -0.4 is 16.0 Å². The van der Waals surface area contributed by atoms with Crippen molar-refractivity contribution in [1.29, 1.82) is 15.8 Å². The topological polar surface area (TPSA) is 168 Å².